The fraction of sp³-hybridized carbons (Fsp3) is 0.208. The third-order valence-electron chi connectivity index (χ3n) is 4.73. The molecule has 0 aliphatic rings. The molecule has 0 bridgehead atoms. The SMILES string of the molecule is Cc1cc(C)c(NC(=O)CC(c2ccccc2)c2ccccc2)c(C)c1. The molecule has 0 spiro atoms. The van der Waals surface area contributed by atoms with E-state index in [1.165, 1.54) is 5.56 Å². The number of hydrogen-bond acceptors (Lipinski definition) is 1. The van der Waals surface area contributed by atoms with Gasteiger partial charge in [0.25, 0.3) is 0 Å². The van der Waals surface area contributed by atoms with Gasteiger partial charge < -0.3 is 5.32 Å². The van der Waals surface area contributed by atoms with E-state index >= 15 is 0 Å². The normalized spacial score (nSPS) is 10.8. The first-order valence-corrected chi connectivity index (χ1v) is 9.02. The Morgan fingerprint density at radius 3 is 1.73 bits per heavy atom. The first-order valence-electron chi connectivity index (χ1n) is 9.02. The van der Waals surface area contributed by atoms with Crippen molar-refractivity contribution < 1.29 is 4.79 Å². The van der Waals surface area contributed by atoms with Crippen molar-refractivity contribution in [1.29, 1.82) is 0 Å². The maximum absolute atomic E-state index is 12.8. The molecule has 2 heteroatoms. The highest BCUT2D eigenvalue weighted by atomic mass is 16.1. The van der Waals surface area contributed by atoms with Crippen molar-refractivity contribution >= 4 is 11.6 Å². The van der Waals surface area contributed by atoms with Crippen LogP contribution in [0.15, 0.2) is 72.8 Å². The van der Waals surface area contributed by atoms with Crippen LogP contribution in [0, 0.1) is 20.8 Å². The van der Waals surface area contributed by atoms with E-state index in [0.717, 1.165) is 27.9 Å². The average Bonchev–Trinajstić information content (AvgIpc) is 2.64. The predicted octanol–water partition coefficient (Wildman–Crippen LogP) is 5.77. The van der Waals surface area contributed by atoms with Gasteiger partial charge in [0.2, 0.25) is 5.91 Å². The minimum atomic E-state index is 0.0396. The zero-order valence-corrected chi connectivity index (χ0v) is 15.6. The van der Waals surface area contributed by atoms with E-state index in [4.69, 9.17) is 0 Å². The smallest absolute Gasteiger partial charge is 0.225 e. The van der Waals surface area contributed by atoms with Crippen molar-refractivity contribution in [2.24, 2.45) is 0 Å². The molecule has 0 heterocycles. The molecular weight excluding hydrogens is 318 g/mol. The van der Waals surface area contributed by atoms with E-state index in [0.29, 0.717) is 6.42 Å². The van der Waals surface area contributed by atoms with Gasteiger partial charge >= 0.3 is 0 Å². The van der Waals surface area contributed by atoms with E-state index in [-0.39, 0.29) is 11.8 Å². The number of rotatable bonds is 5. The van der Waals surface area contributed by atoms with E-state index in [9.17, 15) is 4.79 Å². The lowest BCUT2D eigenvalue weighted by Crippen LogP contribution is -2.17. The Kier molecular flexibility index (Phi) is 5.52. The number of hydrogen-bond donors (Lipinski definition) is 1. The van der Waals surface area contributed by atoms with Gasteiger partial charge in [-0.05, 0) is 43.0 Å². The Balaban J connectivity index is 1.85. The summed E-state index contributed by atoms with van der Waals surface area (Å²) in [4.78, 5) is 12.8. The Labute approximate surface area is 155 Å². The lowest BCUT2D eigenvalue weighted by Gasteiger charge is -2.19. The van der Waals surface area contributed by atoms with Gasteiger partial charge in [-0.3, -0.25) is 4.79 Å². The highest BCUT2D eigenvalue weighted by molar-refractivity contribution is 5.93. The molecule has 2 nitrogen and oxygen atoms in total. The maximum atomic E-state index is 12.8. The largest absolute Gasteiger partial charge is 0.326 e. The summed E-state index contributed by atoms with van der Waals surface area (Å²) in [5, 5.41) is 3.14. The van der Waals surface area contributed by atoms with Crippen LogP contribution in [0.5, 0.6) is 0 Å². The third-order valence-corrected chi connectivity index (χ3v) is 4.73. The van der Waals surface area contributed by atoms with Gasteiger partial charge in [0.05, 0.1) is 0 Å². The first kappa shape index (κ1) is 17.9. The third kappa shape index (κ3) is 4.20. The highest BCUT2D eigenvalue weighted by Gasteiger charge is 2.19. The van der Waals surface area contributed by atoms with Crippen LogP contribution in [0.2, 0.25) is 0 Å². The van der Waals surface area contributed by atoms with Gasteiger partial charge in [-0.2, -0.15) is 0 Å². The van der Waals surface area contributed by atoms with Gasteiger partial charge in [-0.15, -0.1) is 0 Å². The number of nitrogens with one attached hydrogen (secondary N) is 1. The van der Waals surface area contributed by atoms with Crippen molar-refractivity contribution in [3.63, 3.8) is 0 Å². The minimum absolute atomic E-state index is 0.0396. The van der Waals surface area contributed by atoms with Crippen LogP contribution in [-0.2, 0) is 4.79 Å². The number of carbonyl (C=O) groups excluding carboxylic acids is 1. The van der Waals surface area contributed by atoms with E-state index < -0.39 is 0 Å². The monoisotopic (exact) mass is 343 g/mol. The molecule has 132 valence electrons. The summed E-state index contributed by atoms with van der Waals surface area (Å²) in [5.74, 6) is 0.0845. The molecular formula is C24H25NO. The van der Waals surface area contributed by atoms with Gasteiger partial charge in [0.1, 0.15) is 0 Å². The van der Waals surface area contributed by atoms with Crippen molar-refractivity contribution in [1.82, 2.24) is 0 Å². The summed E-state index contributed by atoms with van der Waals surface area (Å²) in [6, 6.07) is 24.7. The predicted molar refractivity (Wildman–Crippen MR) is 109 cm³/mol. The van der Waals surface area contributed by atoms with E-state index in [1.54, 1.807) is 0 Å². The molecule has 0 aromatic heterocycles. The molecule has 0 aliphatic carbocycles. The van der Waals surface area contributed by atoms with Crippen molar-refractivity contribution in [2.45, 2.75) is 33.1 Å². The molecule has 1 N–H and O–H groups in total. The van der Waals surface area contributed by atoms with E-state index in [2.05, 4.69) is 48.6 Å². The molecule has 0 atom stereocenters. The van der Waals surface area contributed by atoms with Crippen LogP contribution in [0.3, 0.4) is 0 Å². The van der Waals surface area contributed by atoms with Crippen molar-refractivity contribution in [3.05, 3.63) is 101 Å². The second kappa shape index (κ2) is 8.01. The highest BCUT2D eigenvalue weighted by Crippen LogP contribution is 2.29. The van der Waals surface area contributed by atoms with Crippen LogP contribution in [0.1, 0.15) is 40.2 Å². The summed E-state index contributed by atoms with van der Waals surface area (Å²) in [6.45, 7) is 6.16. The summed E-state index contributed by atoms with van der Waals surface area (Å²) in [7, 11) is 0. The minimum Gasteiger partial charge on any atom is -0.326 e. The molecule has 0 aliphatic heterocycles. The molecule has 3 aromatic carbocycles. The van der Waals surface area contributed by atoms with Crippen molar-refractivity contribution in [2.75, 3.05) is 5.32 Å². The van der Waals surface area contributed by atoms with Gasteiger partial charge in [-0.1, -0.05) is 78.4 Å². The summed E-state index contributed by atoms with van der Waals surface area (Å²) in [5.41, 5.74) is 6.67. The Bertz CT molecular complexity index is 822. The average molecular weight is 343 g/mol. The fourth-order valence-electron chi connectivity index (χ4n) is 3.55. The first-order chi connectivity index (χ1) is 12.5. The van der Waals surface area contributed by atoms with Gasteiger partial charge in [-0.25, -0.2) is 0 Å². The lowest BCUT2D eigenvalue weighted by molar-refractivity contribution is -0.116. The molecule has 0 radical (unpaired) electrons. The molecule has 26 heavy (non-hydrogen) atoms. The zero-order chi connectivity index (χ0) is 18.5. The Hall–Kier alpha value is -2.87. The van der Waals surface area contributed by atoms with Gasteiger partial charge in [0.15, 0.2) is 0 Å². The molecule has 0 saturated heterocycles. The Morgan fingerprint density at radius 2 is 1.27 bits per heavy atom. The fourth-order valence-corrected chi connectivity index (χ4v) is 3.55. The molecule has 3 rings (SSSR count). The Morgan fingerprint density at radius 1 is 0.808 bits per heavy atom. The van der Waals surface area contributed by atoms with Crippen LogP contribution >= 0.6 is 0 Å². The van der Waals surface area contributed by atoms with Crippen LogP contribution in [0.4, 0.5) is 5.69 Å². The topological polar surface area (TPSA) is 29.1 Å². The molecule has 1 amide bonds. The number of aryl methyl sites for hydroxylation is 3. The number of anilines is 1. The van der Waals surface area contributed by atoms with Crippen LogP contribution in [-0.4, -0.2) is 5.91 Å². The quantitative estimate of drug-likeness (QED) is 0.626. The standard InChI is InChI=1S/C24H25NO/c1-17-14-18(2)24(19(3)15-17)25-23(26)16-22(20-10-6-4-7-11-20)21-12-8-5-9-13-21/h4-15,22H,16H2,1-3H3,(H,25,26). The number of carbonyl (C=O) groups is 1. The second-order valence-corrected chi connectivity index (χ2v) is 6.90. The van der Waals surface area contributed by atoms with Crippen molar-refractivity contribution in [3.8, 4) is 0 Å². The molecule has 3 aromatic rings. The van der Waals surface area contributed by atoms with Crippen LogP contribution < -0.4 is 5.32 Å². The summed E-state index contributed by atoms with van der Waals surface area (Å²) < 4.78 is 0. The van der Waals surface area contributed by atoms with Gasteiger partial charge in [0, 0.05) is 18.0 Å². The van der Waals surface area contributed by atoms with Crippen LogP contribution in [0.25, 0.3) is 0 Å². The number of benzene rings is 3. The zero-order valence-electron chi connectivity index (χ0n) is 15.6. The lowest BCUT2D eigenvalue weighted by atomic mass is 9.88. The summed E-state index contributed by atoms with van der Waals surface area (Å²) >= 11 is 0. The van der Waals surface area contributed by atoms with E-state index in [1.807, 2.05) is 50.2 Å². The maximum Gasteiger partial charge on any atom is 0.225 e. The number of amides is 1. The second-order valence-electron chi connectivity index (χ2n) is 6.90. The molecule has 0 unspecified atom stereocenters. The summed E-state index contributed by atoms with van der Waals surface area (Å²) in [6.07, 6.45) is 0.417. The molecule has 0 saturated carbocycles. The molecule has 0 fully saturated rings.